The van der Waals surface area contributed by atoms with Gasteiger partial charge in [-0.1, -0.05) is 54.5 Å². The summed E-state index contributed by atoms with van der Waals surface area (Å²) < 4.78 is 20.7. The number of ketones is 1. The van der Waals surface area contributed by atoms with E-state index in [9.17, 15) is 9.18 Å². The quantitative estimate of drug-likeness (QED) is 0.318. The monoisotopic (exact) mass is 539 g/mol. The first-order chi connectivity index (χ1) is 19.0. The number of rotatable bonds is 6. The van der Waals surface area contributed by atoms with Crippen molar-refractivity contribution < 1.29 is 13.6 Å². The second-order valence-corrected chi connectivity index (χ2v) is 9.95. The maximum Gasteiger partial charge on any atom is 0.317 e. The maximum atomic E-state index is 14.8. The molecule has 6 rings (SSSR count). The van der Waals surface area contributed by atoms with Crippen molar-refractivity contribution in [1.82, 2.24) is 25.1 Å². The molecule has 1 aliphatic rings. The van der Waals surface area contributed by atoms with Gasteiger partial charge < -0.3 is 9.73 Å². The highest BCUT2D eigenvalue weighted by atomic mass is 32.1. The average molecular weight is 540 g/mol. The van der Waals surface area contributed by atoms with E-state index in [0.717, 1.165) is 27.4 Å². The lowest BCUT2D eigenvalue weighted by Gasteiger charge is -2.11. The Morgan fingerprint density at radius 2 is 1.85 bits per heavy atom. The minimum Gasteiger partial charge on any atom is -0.402 e. The number of aromatic nitrogens is 5. The Bertz CT molecular complexity index is 1700. The predicted molar refractivity (Wildman–Crippen MR) is 145 cm³/mol. The number of nitrogens with one attached hydrogen (secondary N) is 1. The molecule has 194 valence electrons. The zero-order chi connectivity index (χ0) is 26.9. The zero-order valence-electron chi connectivity index (χ0n) is 21.1. The van der Waals surface area contributed by atoms with Crippen LogP contribution in [0.25, 0.3) is 22.0 Å². The molecule has 0 saturated heterocycles. The molecule has 9 nitrogen and oxygen atoms in total. The molecule has 0 unspecified atom stereocenters. The number of hydrogen-bond donors (Lipinski definition) is 1. The van der Waals surface area contributed by atoms with Gasteiger partial charge in [-0.25, -0.2) is 19.3 Å². The molecule has 2 aromatic carbocycles. The van der Waals surface area contributed by atoms with Crippen molar-refractivity contribution in [1.29, 1.82) is 0 Å². The van der Waals surface area contributed by atoms with Crippen molar-refractivity contribution in [2.24, 2.45) is 4.99 Å². The minimum atomic E-state index is -1.06. The molecule has 0 fully saturated rings. The number of Topliss-reactive ketones (excluding diaryl/α,β-unsaturated/α-hetero) is 1. The number of nitrogens with zero attached hydrogens (tertiary/aromatic N) is 6. The summed E-state index contributed by atoms with van der Waals surface area (Å²) in [5, 5.41) is 12.1. The zero-order valence-corrected chi connectivity index (χ0v) is 21.9. The number of carbonyl (C=O) groups excluding carboxylic acids is 1. The Labute approximate surface area is 226 Å². The van der Waals surface area contributed by atoms with E-state index in [1.54, 1.807) is 24.5 Å². The van der Waals surface area contributed by atoms with E-state index < -0.39 is 12.0 Å². The first-order valence-corrected chi connectivity index (χ1v) is 13.1. The van der Waals surface area contributed by atoms with Crippen LogP contribution in [-0.4, -0.2) is 42.8 Å². The second kappa shape index (κ2) is 10.3. The Morgan fingerprint density at radius 3 is 2.62 bits per heavy atom. The SMILES string of the molecule is CCc1nc(-c2nnc(N[C@H]3N=C(c4ccccc4)c4cccc(F)c4CC3=O)o2)c(-c2cnc(C)nc2)s1. The molecule has 0 bridgehead atoms. The summed E-state index contributed by atoms with van der Waals surface area (Å²) in [5.41, 5.74) is 3.44. The first-order valence-electron chi connectivity index (χ1n) is 12.3. The maximum absolute atomic E-state index is 14.8. The van der Waals surface area contributed by atoms with Gasteiger partial charge in [0.1, 0.15) is 17.3 Å². The predicted octanol–water partition coefficient (Wildman–Crippen LogP) is 5.06. The Morgan fingerprint density at radius 1 is 1.05 bits per heavy atom. The van der Waals surface area contributed by atoms with Gasteiger partial charge in [-0.2, -0.15) is 0 Å². The van der Waals surface area contributed by atoms with Crippen LogP contribution in [0, 0.1) is 12.7 Å². The molecule has 1 N–H and O–H groups in total. The van der Waals surface area contributed by atoms with Crippen LogP contribution in [-0.2, 0) is 17.6 Å². The average Bonchev–Trinajstić information content (AvgIpc) is 3.57. The summed E-state index contributed by atoms with van der Waals surface area (Å²) in [5.74, 6) is 0.0709. The third-order valence-electron chi connectivity index (χ3n) is 6.24. The van der Waals surface area contributed by atoms with Crippen molar-refractivity contribution in [3.63, 3.8) is 0 Å². The normalized spacial score (nSPS) is 15.0. The smallest absolute Gasteiger partial charge is 0.317 e. The van der Waals surface area contributed by atoms with Crippen LogP contribution in [0.4, 0.5) is 10.4 Å². The van der Waals surface area contributed by atoms with Crippen LogP contribution >= 0.6 is 11.3 Å². The number of halogens is 1. The van der Waals surface area contributed by atoms with Crippen LogP contribution in [0.15, 0.2) is 70.3 Å². The highest BCUT2D eigenvalue weighted by Gasteiger charge is 2.29. The molecule has 5 aromatic rings. The van der Waals surface area contributed by atoms with Gasteiger partial charge in [0.25, 0.3) is 5.89 Å². The third kappa shape index (κ3) is 4.84. The standard InChI is InChI=1S/C28H22FN7O2S/c1-3-22-32-24(25(39-22)17-13-30-15(2)31-14-17)27-35-36-28(38-27)34-26-21(37)12-19-18(10-7-11-20(19)29)23(33-26)16-8-5-4-6-9-16/h4-11,13-14,26H,3,12H2,1-2H3,(H,34,36)/t26-/m1/s1. The molecule has 0 spiro atoms. The highest BCUT2D eigenvalue weighted by molar-refractivity contribution is 7.15. The molecule has 0 amide bonds. The molecule has 1 atom stereocenters. The fourth-order valence-corrected chi connectivity index (χ4v) is 5.27. The first kappa shape index (κ1) is 24.7. The Kier molecular flexibility index (Phi) is 6.49. The van der Waals surface area contributed by atoms with E-state index in [1.165, 1.54) is 17.4 Å². The van der Waals surface area contributed by atoms with E-state index in [2.05, 4.69) is 30.5 Å². The molecule has 0 aliphatic carbocycles. The molecule has 39 heavy (non-hydrogen) atoms. The van der Waals surface area contributed by atoms with Crippen molar-refractivity contribution in [3.8, 4) is 22.0 Å². The van der Waals surface area contributed by atoms with Crippen LogP contribution in [0.2, 0.25) is 0 Å². The lowest BCUT2D eigenvalue weighted by Crippen LogP contribution is -2.29. The molecule has 0 saturated carbocycles. The molecular weight excluding hydrogens is 517 g/mol. The molecule has 11 heteroatoms. The number of fused-ring (bicyclic) bond motifs is 1. The van der Waals surface area contributed by atoms with E-state index in [-0.39, 0.29) is 24.1 Å². The van der Waals surface area contributed by atoms with Gasteiger partial charge in [0.15, 0.2) is 11.9 Å². The fourth-order valence-electron chi connectivity index (χ4n) is 4.30. The molecular formula is C28H22FN7O2S. The number of benzene rings is 2. The van der Waals surface area contributed by atoms with Crippen LogP contribution in [0.1, 0.15) is 34.4 Å². The van der Waals surface area contributed by atoms with Crippen LogP contribution in [0.5, 0.6) is 0 Å². The van der Waals surface area contributed by atoms with E-state index in [1.807, 2.05) is 44.2 Å². The van der Waals surface area contributed by atoms with E-state index >= 15 is 0 Å². The summed E-state index contributed by atoms with van der Waals surface area (Å²) in [4.78, 5) is 32.0. The van der Waals surface area contributed by atoms with Gasteiger partial charge in [-0.3, -0.25) is 9.79 Å². The van der Waals surface area contributed by atoms with Gasteiger partial charge in [0, 0.05) is 41.1 Å². The molecule has 3 aromatic heterocycles. The topological polar surface area (TPSA) is 119 Å². The lowest BCUT2D eigenvalue weighted by molar-refractivity contribution is -0.119. The van der Waals surface area contributed by atoms with Crippen molar-refractivity contribution in [2.75, 3.05) is 5.32 Å². The number of hydrogen-bond acceptors (Lipinski definition) is 10. The van der Waals surface area contributed by atoms with Gasteiger partial charge in [0.05, 0.1) is 15.6 Å². The number of aliphatic imine (C=N–C) groups is 1. The van der Waals surface area contributed by atoms with E-state index in [0.29, 0.717) is 28.4 Å². The minimum absolute atomic E-state index is 0.00287. The molecule has 0 radical (unpaired) electrons. The summed E-state index contributed by atoms with van der Waals surface area (Å²) in [6.45, 7) is 3.83. The van der Waals surface area contributed by atoms with Gasteiger partial charge in [-0.05, 0) is 19.4 Å². The summed E-state index contributed by atoms with van der Waals surface area (Å²) in [6.07, 6.45) is 3.00. The molecule has 1 aliphatic heterocycles. The third-order valence-corrected chi connectivity index (χ3v) is 7.49. The summed E-state index contributed by atoms with van der Waals surface area (Å²) >= 11 is 1.50. The van der Waals surface area contributed by atoms with Crippen molar-refractivity contribution in [2.45, 2.75) is 32.9 Å². The van der Waals surface area contributed by atoms with Gasteiger partial charge in [-0.15, -0.1) is 16.4 Å². The Hall–Kier alpha value is -4.64. The van der Waals surface area contributed by atoms with Crippen molar-refractivity contribution >= 4 is 28.8 Å². The van der Waals surface area contributed by atoms with Crippen molar-refractivity contribution in [3.05, 3.63) is 94.3 Å². The number of carbonyl (C=O) groups is 1. The fraction of sp³-hybridized carbons (Fsp3) is 0.179. The number of aryl methyl sites for hydroxylation is 2. The molecule has 4 heterocycles. The second-order valence-electron chi connectivity index (χ2n) is 8.87. The Balaban J connectivity index is 1.36. The summed E-state index contributed by atoms with van der Waals surface area (Å²) in [7, 11) is 0. The van der Waals surface area contributed by atoms with Gasteiger partial charge >= 0.3 is 6.01 Å². The van der Waals surface area contributed by atoms with Gasteiger partial charge in [0.2, 0.25) is 0 Å². The van der Waals surface area contributed by atoms with Crippen LogP contribution < -0.4 is 5.32 Å². The number of anilines is 1. The lowest BCUT2D eigenvalue weighted by atomic mass is 9.95. The van der Waals surface area contributed by atoms with E-state index in [4.69, 9.17) is 9.41 Å². The summed E-state index contributed by atoms with van der Waals surface area (Å²) in [6, 6.07) is 14.1. The number of thiazole rings is 1. The van der Waals surface area contributed by atoms with Crippen LogP contribution in [0.3, 0.4) is 0 Å². The largest absolute Gasteiger partial charge is 0.402 e. The highest BCUT2D eigenvalue weighted by Crippen LogP contribution is 2.36.